The highest BCUT2D eigenvalue weighted by Gasteiger charge is 2.34. The molecule has 0 saturated heterocycles. The van der Waals surface area contributed by atoms with Crippen LogP contribution >= 0.6 is 24.8 Å². The summed E-state index contributed by atoms with van der Waals surface area (Å²) in [6.07, 6.45) is -3.29. The van der Waals surface area contributed by atoms with Crippen molar-refractivity contribution in [3.05, 3.63) is 54.2 Å². The molecule has 2 aromatic rings. The first-order chi connectivity index (χ1) is 9.47. The number of pyridine rings is 1. The number of hydrogen-bond donors (Lipinski definition) is 3. The molecule has 0 spiro atoms. The highest BCUT2D eigenvalue weighted by atomic mass is 35.5. The average Bonchev–Trinajstić information content (AvgIpc) is 2.39. The lowest BCUT2D eigenvalue weighted by Crippen LogP contribution is -2.23. The Hall–Kier alpha value is -1.99. The first-order valence-electron chi connectivity index (χ1n) is 5.66. The van der Waals surface area contributed by atoms with Gasteiger partial charge in [-0.05, 0) is 24.3 Å². The summed E-state index contributed by atoms with van der Waals surface area (Å²) in [7, 11) is 0. The lowest BCUT2D eigenvalue weighted by molar-refractivity contribution is -0.137. The van der Waals surface area contributed by atoms with Crippen molar-refractivity contribution >= 4 is 42.3 Å². The Bertz CT molecular complexity index is 606. The fourth-order valence-electron chi connectivity index (χ4n) is 1.55. The van der Waals surface area contributed by atoms with Crippen molar-refractivity contribution in [3.8, 4) is 0 Å². The van der Waals surface area contributed by atoms with Gasteiger partial charge in [0.15, 0.2) is 5.96 Å². The summed E-state index contributed by atoms with van der Waals surface area (Å²) in [5.41, 5.74) is -0.325. The molecule has 0 saturated carbocycles. The second-order valence-corrected chi connectivity index (χ2v) is 3.89. The lowest BCUT2D eigenvalue weighted by Gasteiger charge is -2.14. The van der Waals surface area contributed by atoms with Crippen LogP contribution in [0, 0.1) is 5.41 Å². The van der Waals surface area contributed by atoms with E-state index in [0.717, 1.165) is 6.07 Å². The number of rotatable bonds is 2. The molecule has 0 bridgehead atoms. The molecular weight excluding hydrogens is 340 g/mol. The van der Waals surface area contributed by atoms with Crippen LogP contribution in [0.15, 0.2) is 48.7 Å². The topological polar surface area (TPSA) is 60.8 Å². The van der Waals surface area contributed by atoms with Gasteiger partial charge >= 0.3 is 6.18 Å². The monoisotopic (exact) mass is 352 g/mol. The standard InChI is InChI=1S/C13H11F3N4.2ClH/c14-13(15,16)10-7-4-8-18-11(10)20-12(17)19-9-5-2-1-3-6-9;;/h1-8H,(H3,17,18,19,20);2*1H. The van der Waals surface area contributed by atoms with Crippen LogP contribution in [-0.2, 0) is 6.18 Å². The summed E-state index contributed by atoms with van der Waals surface area (Å²) in [5, 5.41) is 12.6. The molecule has 3 N–H and O–H groups in total. The molecule has 0 unspecified atom stereocenters. The Labute approximate surface area is 137 Å². The van der Waals surface area contributed by atoms with Crippen LogP contribution in [0.4, 0.5) is 24.7 Å². The molecule has 0 aliphatic rings. The molecule has 9 heteroatoms. The maximum Gasteiger partial charge on any atom is 0.419 e. The minimum absolute atomic E-state index is 0. The van der Waals surface area contributed by atoms with Crippen molar-refractivity contribution in [1.82, 2.24) is 4.98 Å². The smallest absolute Gasteiger partial charge is 0.326 e. The van der Waals surface area contributed by atoms with E-state index in [0.29, 0.717) is 5.69 Å². The van der Waals surface area contributed by atoms with Gasteiger partial charge in [0.05, 0.1) is 5.56 Å². The van der Waals surface area contributed by atoms with E-state index in [1.165, 1.54) is 12.3 Å². The third-order valence-corrected chi connectivity index (χ3v) is 2.40. The average molecular weight is 353 g/mol. The Morgan fingerprint density at radius 1 is 0.955 bits per heavy atom. The summed E-state index contributed by atoms with van der Waals surface area (Å²) in [6.45, 7) is 0. The Kier molecular flexibility index (Phi) is 7.69. The fourth-order valence-corrected chi connectivity index (χ4v) is 1.55. The quantitative estimate of drug-likeness (QED) is 0.554. The number of anilines is 2. The maximum absolute atomic E-state index is 12.8. The van der Waals surface area contributed by atoms with Gasteiger partial charge in [-0.3, -0.25) is 5.41 Å². The van der Waals surface area contributed by atoms with Gasteiger partial charge in [-0.25, -0.2) is 4.98 Å². The number of nitrogens with one attached hydrogen (secondary N) is 3. The second kappa shape index (κ2) is 8.45. The van der Waals surface area contributed by atoms with E-state index in [-0.39, 0.29) is 30.8 Å². The third-order valence-electron chi connectivity index (χ3n) is 2.40. The van der Waals surface area contributed by atoms with Crippen molar-refractivity contribution in [3.63, 3.8) is 0 Å². The molecular formula is C13H13Cl2F3N4. The molecule has 4 nitrogen and oxygen atoms in total. The summed E-state index contributed by atoms with van der Waals surface area (Å²) in [5.74, 6) is -0.700. The number of benzene rings is 1. The minimum Gasteiger partial charge on any atom is -0.326 e. The van der Waals surface area contributed by atoms with Crippen LogP contribution in [0.25, 0.3) is 0 Å². The molecule has 0 aliphatic heterocycles. The molecule has 1 heterocycles. The number of nitrogens with zero attached hydrogens (tertiary/aromatic N) is 1. The van der Waals surface area contributed by atoms with Gasteiger partial charge in [0.25, 0.3) is 0 Å². The predicted octanol–water partition coefficient (Wildman–Crippen LogP) is 4.40. The number of halogens is 5. The molecule has 1 aromatic carbocycles. The molecule has 0 aliphatic carbocycles. The number of para-hydroxylation sites is 1. The van der Waals surface area contributed by atoms with E-state index in [1.807, 2.05) is 0 Å². The molecule has 0 radical (unpaired) electrons. The molecule has 120 valence electrons. The van der Waals surface area contributed by atoms with E-state index < -0.39 is 17.6 Å². The van der Waals surface area contributed by atoms with Crippen LogP contribution in [-0.4, -0.2) is 10.9 Å². The first-order valence-corrected chi connectivity index (χ1v) is 5.66. The fraction of sp³-hybridized carbons (Fsp3) is 0.0769. The van der Waals surface area contributed by atoms with Crippen molar-refractivity contribution in [2.24, 2.45) is 0 Å². The molecule has 0 fully saturated rings. The van der Waals surface area contributed by atoms with Crippen LogP contribution in [0.3, 0.4) is 0 Å². The number of guanidine groups is 1. The molecule has 22 heavy (non-hydrogen) atoms. The van der Waals surface area contributed by atoms with E-state index in [1.54, 1.807) is 30.3 Å². The SMILES string of the molecule is Cl.Cl.N=C(Nc1ccccc1)Nc1ncccc1C(F)(F)F. The van der Waals surface area contributed by atoms with Gasteiger partial charge in [0.2, 0.25) is 0 Å². The van der Waals surface area contributed by atoms with Gasteiger partial charge in [0, 0.05) is 11.9 Å². The van der Waals surface area contributed by atoms with Gasteiger partial charge < -0.3 is 10.6 Å². The highest BCUT2D eigenvalue weighted by molar-refractivity contribution is 6.01. The van der Waals surface area contributed by atoms with Crippen molar-refractivity contribution < 1.29 is 13.2 Å². The number of alkyl halides is 3. The Morgan fingerprint density at radius 2 is 1.59 bits per heavy atom. The van der Waals surface area contributed by atoms with Gasteiger partial charge in [-0.15, -0.1) is 24.8 Å². The summed E-state index contributed by atoms with van der Waals surface area (Å²) < 4.78 is 38.3. The zero-order valence-electron chi connectivity index (χ0n) is 11.0. The predicted molar refractivity (Wildman–Crippen MR) is 85.1 cm³/mol. The van der Waals surface area contributed by atoms with Crippen LogP contribution in [0.2, 0.25) is 0 Å². The molecule has 2 rings (SSSR count). The zero-order valence-corrected chi connectivity index (χ0v) is 12.6. The van der Waals surface area contributed by atoms with Crippen molar-refractivity contribution in [2.75, 3.05) is 10.6 Å². The maximum atomic E-state index is 12.8. The first kappa shape index (κ1) is 20.0. The lowest BCUT2D eigenvalue weighted by atomic mass is 10.2. The van der Waals surface area contributed by atoms with Crippen molar-refractivity contribution in [2.45, 2.75) is 6.18 Å². The third kappa shape index (κ3) is 5.42. The Morgan fingerprint density at radius 3 is 2.18 bits per heavy atom. The van der Waals surface area contributed by atoms with Crippen LogP contribution < -0.4 is 10.6 Å². The van der Waals surface area contributed by atoms with E-state index in [9.17, 15) is 13.2 Å². The molecule has 0 atom stereocenters. The van der Waals surface area contributed by atoms with Crippen LogP contribution in [0.1, 0.15) is 5.56 Å². The van der Waals surface area contributed by atoms with Gasteiger partial charge in [0.1, 0.15) is 5.82 Å². The second-order valence-electron chi connectivity index (χ2n) is 3.89. The van der Waals surface area contributed by atoms with E-state index in [4.69, 9.17) is 5.41 Å². The number of aromatic nitrogens is 1. The van der Waals surface area contributed by atoms with Crippen molar-refractivity contribution in [1.29, 1.82) is 5.41 Å². The summed E-state index contributed by atoms with van der Waals surface area (Å²) >= 11 is 0. The highest BCUT2D eigenvalue weighted by Crippen LogP contribution is 2.33. The number of hydrogen-bond acceptors (Lipinski definition) is 2. The molecule has 1 aromatic heterocycles. The normalized spacial score (nSPS) is 9.95. The van der Waals surface area contributed by atoms with Gasteiger partial charge in [-0.1, -0.05) is 18.2 Å². The van der Waals surface area contributed by atoms with Gasteiger partial charge in [-0.2, -0.15) is 13.2 Å². The molecule has 0 amide bonds. The summed E-state index contributed by atoms with van der Waals surface area (Å²) in [6, 6.07) is 10.8. The summed E-state index contributed by atoms with van der Waals surface area (Å²) in [4.78, 5) is 3.61. The van der Waals surface area contributed by atoms with E-state index in [2.05, 4.69) is 15.6 Å². The minimum atomic E-state index is -4.52. The Balaban J connectivity index is 0.00000220. The largest absolute Gasteiger partial charge is 0.419 e. The van der Waals surface area contributed by atoms with E-state index >= 15 is 0 Å². The zero-order chi connectivity index (χ0) is 14.6. The van der Waals surface area contributed by atoms with Crippen LogP contribution in [0.5, 0.6) is 0 Å².